The lowest BCUT2D eigenvalue weighted by Crippen LogP contribution is -2.29. The van der Waals surface area contributed by atoms with Crippen molar-refractivity contribution < 1.29 is 23.8 Å². The number of carboxylic acid groups (broad SMARTS) is 1. The average molecular weight is 449 g/mol. The Labute approximate surface area is 187 Å². The van der Waals surface area contributed by atoms with Crippen LogP contribution in [0.5, 0.6) is 5.75 Å². The summed E-state index contributed by atoms with van der Waals surface area (Å²) in [5, 5.41) is 15.9. The van der Waals surface area contributed by atoms with Crippen molar-refractivity contribution >= 4 is 28.6 Å². The third-order valence-corrected chi connectivity index (χ3v) is 4.95. The Balaban J connectivity index is 1.70. The predicted octanol–water partition coefficient (Wildman–Crippen LogP) is 3.10. The number of rotatable bonds is 7. The molecule has 10 heteroatoms. The number of nitrogens with one attached hydrogen (secondary N) is 1. The number of benzene rings is 2. The number of nitrogen functional groups attached to an aromatic ring is 1. The van der Waals surface area contributed by atoms with Gasteiger partial charge in [-0.25, -0.2) is 14.1 Å². The van der Waals surface area contributed by atoms with Gasteiger partial charge in [-0.3, -0.25) is 9.59 Å². The van der Waals surface area contributed by atoms with Crippen LogP contribution in [0.15, 0.2) is 60.9 Å². The van der Waals surface area contributed by atoms with E-state index in [1.807, 2.05) is 0 Å². The second-order valence-corrected chi connectivity index (χ2v) is 7.27. The van der Waals surface area contributed by atoms with Gasteiger partial charge in [-0.1, -0.05) is 0 Å². The smallest absolute Gasteiger partial charge is 0.322 e. The van der Waals surface area contributed by atoms with E-state index in [0.717, 1.165) is 0 Å². The normalized spacial score (nSPS) is 11.8. The molecule has 2 aromatic carbocycles. The number of carbonyl (C=O) groups excluding carboxylic acids is 1. The minimum atomic E-state index is -1.15. The second kappa shape index (κ2) is 8.95. The zero-order valence-corrected chi connectivity index (χ0v) is 17.5. The van der Waals surface area contributed by atoms with Crippen molar-refractivity contribution in [1.82, 2.24) is 20.1 Å². The number of carboxylic acids is 1. The van der Waals surface area contributed by atoms with Crippen LogP contribution in [0.1, 0.15) is 28.9 Å². The molecule has 2 heterocycles. The van der Waals surface area contributed by atoms with Crippen LogP contribution in [0.25, 0.3) is 16.6 Å². The van der Waals surface area contributed by atoms with E-state index >= 15 is 0 Å². The van der Waals surface area contributed by atoms with Crippen LogP contribution in [0, 0.1) is 5.82 Å². The number of nitrogens with two attached hydrogens (primary N) is 1. The minimum Gasteiger partial charge on any atom is -0.482 e. The zero-order chi connectivity index (χ0) is 23.5. The van der Waals surface area contributed by atoms with E-state index in [4.69, 9.17) is 15.6 Å². The van der Waals surface area contributed by atoms with Crippen molar-refractivity contribution in [2.75, 3.05) is 12.3 Å². The van der Waals surface area contributed by atoms with E-state index in [1.165, 1.54) is 18.2 Å². The number of pyridine rings is 1. The van der Waals surface area contributed by atoms with E-state index in [1.54, 1.807) is 54.3 Å². The molecule has 0 saturated heterocycles. The summed E-state index contributed by atoms with van der Waals surface area (Å²) in [6, 6.07) is 12.4. The Bertz CT molecular complexity index is 1340. The Morgan fingerprint density at radius 2 is 2.06 bits per heavy atom. The number of aliphatic carboxylic acids is 1. The maximum atomic E-state index is 13.7. The molecule has 0 bridgehead atoms. The summed E-state index contributed by atoms with van der Waals surface area (Å²) in [6.07, 6.45) is 2.74. The molecule has 0 radical (unpaired) electrons. The molecule has 1 atom stereocenters. The van der Waals surface area contributed by atoms with Crippen molar-refractivity contribution in [3.8, 4) is 11.4 Å². The standard InChI is InChI=1S/C23H20FN5O4/c1-13(33-20-11-15-9-16(24)4-5-18(15)28-22(20)25)17-10-14(23(32)26-12-21(30)31)3-6-19(17)29-8-2-7-27-29/h2-11,13H,12H2,1H3,(H2,25,28)(H,26,32)(H,30,31)/t13-/m0/s1. The molecule has 168 valence electrons. The second-order valence-electron chi connectivity index (χ2n) is 7.27. The van der Waals surface area contributed by atoms with Gasteiger partial charge in [0.1, 0.15) is 18.5 Å². The number of hydrogen-bond donors (Lipinski definition) is 3. The molecule has 0 aliphatic heterocycles. The van der Waals surface area contributed by atoms with Crippen LogP contribution in [0.3, 0.4) is 0 Å². The molecule has 0 aliphatic rings. The van der Waals surface area contributed by atoms with Crippen LogP contribution >= 0.6 is 0 Å². The van der Waals surface area contributed by atoms with Gasteiger partial charge in [-0.15, -0.1) is 0 Å². The Kier molecular flexibility index (Phi) is 5.90. The monoisotopic (exact) mass is 449 g/mol. The molecule has 0 spiro atoms. The summed E-state index contributed by atoms with van der Waals surface area (Å²) in [5.74, 6) is -1.71. The fourth-order valence-corrected chi connectivity index (χ4v) is 3.39. The largest absolute Gasteiger partial charge is 0.482 e. The third kappa shape index (κ3) is 4.74. The van der Waals surface area contributed by atoms with E-state index in [2.05, 4.69) is 15.4 Å². The molecule has 0 aliphatic carbocycles. The molecule has 33 heavy (non-hydrogen) atoms. The number of halogens is 1. The van der Waals surface area contributed by atoms with Crippen LogP contribution in [-0.2, 0) is 4.79 Å². The lowest BCUT2D eigenvalue weighted by atomic mass is 10.0. The molecule has 4 N–H and O–H groups in total. The maximum Gasteiger partial charge on any atom is 0.322 e. The average Bonchev–Trinajstić information content (AvgIpc) is 3.32. The van der Waals surface area contributed by atoms with Crippen molar-refractivity contribution in [2.24, 2.45) is 0 Å². The Morgan fingerprint density at radius 3 is 2.79 bits per heavy atom. The van der Waals surface area contributed by atoms with Gasteiger partial charge in [0, 0.05) is 28.9 Å². The van der Waals surface area contributed by atoms with Crippen LogP contribution in [-0.4, -0.2) is 38.3 Å². The van der Waals surface area contributed by atoms with E-state index in [9.17, 15) is 14.0 Å². The van der Waals surface area contributed by atoms with Gasteiger partial charge in [-0.05, 0) is 55.5 Å². The van der Waals surface area contributed by atoms with Gasteiger partial charge >= 0.3 is 5.97 Å². The Hall–Kier alpha value is -4.47. The fraction of sp³-hybridized carbons (Fsp3) is 0.130. The van der Waals surface area contributed by atoms with Crippen molar-refractivity contribution in [3.63, 3.8) is 0 Å². The topological polar surface area (TPSA) is 132 Å². The highest BCUT2D eigenvalue weighted by molar-refractivity contribution is 5.96. The molecule has 1 amide bonds. The number of fused-ring (bicyclic) bond motifs is 1. The number of amides is 1. The summed E-state index contributed by atoms with van der Waals surface area (Å²) in [7, 11) is 0. The number of anilines is 1. The number of ether oxygens (including phenoxy) is 1. The van der Waals surface area contributed by atoms with Crippen LogP contribution in [0.4, 0.5) is 10.2 Å². The van der Waals surface area contributed by atoms with E-state index < -0.39 is 30.3 Å². The van der Waals surface area contributed by atoms with Gasteiger partial charge < -0.3 is 20.9 Å². The number of aromatic nitrogens is 3. The highest BCUT2D eigenvalue weighted by Gasteiger charge is 2.19. The quantitative estimate of drug-likeness (QED) is 0.395. The molecule has 9 nitrogen and oxygen atoms in total. The highest BCUT2D eigenvalue weighted by atomic mass is 19.1. The molecular weight excluding hydrogens is 429 g/mol. The molecule has 0 unspecified atom stereocenters. The number of nitrogens with zero attached hydrogens (tertiary/aromatic N) is 3. The fourth-order valence-electron chi connectivity index (χ4n) is 3.39. The molecule has 4 aromatic rings. The lowest BCUT2D eigenvalue weighted by Gasteiger charge is -2.20. The maximum absolute atomic E-state index is 13.7. The highest BCUT2D eigenvalue weighted by Crippen LogP contribution is 2.32. The first-order valence-corrected chi connectivity index (χ1v) is 9.98. The van der Waals surface area contributed by atoms with Crippen molar-refractivity contribution in [3.05, 3.63) is 77.9 Å². The Morgan fingerprint density at radius 1 is 1.24 bits per heavy atom. The molecule has 4 rings (SSSR count). The van der Waals surface area contributed by atoms with Crippen molar-refractivity contribution in [2.45, 2.75) is 13.0 Å². The summed E-state index contributed by atoms with van der Waals surface area (Å²) < 4.78 is 21.3. The summed E-state index contributed by atoms with van der Waals surface area (Å²) in [4.78, 5) is 27.5. The minimum absolute atomic E-state index is 0.136. The third-order valence-electron chi connectivity index (χ3n) is 4.95. The van der Waals surface area contributed by atoms with Crippen LogP contribution < -0.4 is 15.8 Å². The van der Waals surface area contributed by atoms with Gasteiger partial charge in [0.2, 0.25) is 0 Å². The first-order chi connectivity index (χ1) is 15.8. The summed E-state index contributed by atoms with van der Waals surface area (Å²) in [5.41, 5.74) is 8.10. The molecule has 0 fully saturated rings. The van der Waals surface area contributed by atoms with Crippen LogP contribution in [0.2, 0.25) is 0 Å². The van der Waals surface area contributed by atoms with Gasteiger partial charge in [0.05, 0.1) is 11.2 Å². The van der Waals surface area contributed by atoms with E-state index in [0.29, 0.717) is 22.2 Å². The van der Waals surface area contributed by atoms with Crippen molar-refractivity contribution in [1.29, 1.82) is 0 Å². The van der Waals surface area contributed by atoms with Gasteiger partial charge in [-0.2, -0.15) is 5.10 Å². The number of carbonyl (C=O) groups is 2. The van der Waals surface area contributed by atoms with E-state index in [-0.39, 0.29) is 17.1 Å². The first-order valence-electron chi connectivity index (χ1n) is 9.98. The SMILES string of the molecule is C[C@H](Oc1cc2cc(F)ccc2nc1N)c1cc(C(=O)NCC(=O)O)ccc1-n1cccn1. The van der Waals surface area contributed by atoms with Gasteiger partial charge in [0.15, 0.2) is 11.6 Å². The molecular formula is C23H20FN5O4. The zero-order valence-electron chi connectivity index (χ0n) is 17.5. The number of hydrogen-bond acceptors (Lipinski definition) is 6. The summed E-state index contributed by atoms with van der Waals surface area (Å²) >= 11 is 0. The lowest BCUT2D eigenvalue weighted by molar-refractivity contribution is -0.135. The first kappa shape index (κ1) is 21.8. The van der Waals surface area contributed by atoms with Gasteiger partial charge in [0.25, 0.3) is 5.91 Å². The molecule has 2 aromatic heterocycles. The summed E-state index contributed by atoms with van der Waals surface area (Å²) in [6.45, 7) is 1.26. The predicted molar refractivity (Wildman–Crippen MR) is 119 cm³/mol. The molecule has 0 saturated carbocycles.